The van der Waals surface area contributed by atoms with Crippen molar-refractivity contribution in [1.29, 1.82) is 0 Å². The molecule has 0 aliphatic carbocycles. The first kappa shape index (κ1) is 15.8. The number of ketones is 1. The lowest BCUT2D eigenvalue weighted by atomic mass is 10.1. The Morgan fingerprint density at radius 3 is 2.14 bits per heavy atom. The molecule has 0 radical (unpaired) electrons. The molecule has 0 saturated heterocycles. The van der Waals surface area contributed by atoms with E-state index in [0.717, 1.165) is 5.56 Å². The average molecular weight is 305 g/mol. The second-order valence-corrected chi connectivity index (χ2v) is 4.78. The van der Waals surface area contributed by atoms with Crippen molar-refractivity contribution in [1.82, 2.24) is 0 Å². The summed E-state index contributed by atoms with van der Waals surface area (Å²) in [6.45, 7) is 1.87. The van der Waals surface area contributed by atoms with Gasteiger partial charge in [0.2, 0.25) is 0 Å². The van der Waals surface area contributed by atoms with Gasteiger partial charge in [-0.15, -0.1) is 0 Å². The van der Waals surface area contributed by atoms with Gasteiger partial charge in [0.25, 0.3) is 5.78 Å². The van der Waals surface area contributed by atoms with E-state index in [1.807, 2.05) is 6.92 Å². The zero-order chi connectivity index (χ0) is 16.2. The molecule has 0 bridgehead atoms. The van der Waals surface area contributed by atoms with Crippen molar-refractivity contribution >= 4 is 17.2 Å². The Kier molecular flexibility index (Phi) is 4.65. The van der Waals surface area contributed by atoms with Crippen LogP contribution in [0.5, 0.6) is 0 Å². The quantitative estimate of drug-likeness (QED) is 0.838. The minimum atomic E-state index is -4.89. The lowest BCUT2D eigenvalue weighted by Gasteiger charge is -2.12. The number of rotatable bonds is 4. The second-order valence-electron chi connectivity index (χ2n) is 4.78. The molecule has 0 saturated carbocycles. The van der Waals surface area contributed by atoms with E-state index in [2.05, 4.69) is 5.32 Å². The number of aryl methyl sites for hydroxylation is 1. The van der Waals surface area contributed by atoms with Crippen LogP contribution in [-0.4, -0.2) is 12.0 Å². The molecule has 0 aliphatic heterocycles. The predicted molar refractivity (Wildman–Crippen MR) is 80.3 cm³/mol. The Balaban J connectivity index is 2.38. The number of allylic oxidation sites excluding steroid dienone is 1. The van der Waals surface area contributed by atoms with Gasteiger partial charge < -0.3 is 5.32 Å². The molecule has 2 aromatic rings. The van der Waals surface area contributed by atoms with Gasteiger partial charge in [0.05, 0.1) is 0 Å². The Hall–Kier alpha value is -2.56. The smallest absolute Gasteiger partial charge is 0.355 e. The van der Waals surface area contributed by atoms with Crippen molar-refractivity contribution in [3.63, 3.8) is 0 Å². The van der Waals surface area contributed by atoms with Gasteiger partial charge in [-0.05, 0) is 24.6 Å². The molecule has 2 rings (SSSR count). The largest absolute Gasteiger partial charge is 0.454 e. The van der Waals surface area contributed by atoms with E-state index >= 15 is 0 Å². The van der Waals surface area contributed by atoms with E-state index < -0.39 is 12.0 Å². The van der Waals surface area contributed by atoms with E-state index in [1.54, 1.807) is 54.6 Å². The lowest BCUT2D eigenvalue weighted by Crippen LogP contribution is -2.21. The molecular weight excluding hydrogens is 291 g/mol. The Labute approximate surface area is 126 Å². The summed E-state index contributed by atoms with van der Waals surface area (Å²) in [5.74, 6) is -1.90. The summed E-state index contributed by atoms with van der Waals surface area (Å²) in [4.78, 5) is 11.3. The van der Waals surface area contributed by atoms with Crippen LogP contribution in [0.25, 0.3) is 5.70 Å². The summed E-state index contributed by atoms with van der Waals surface area (Å²) in [7, 11) is 0. The third kappa shape index (κ3) is 4.22. The number of carbonyl (C=O) groups is 1. The monoisotopic (exact) mass is 305 g/mol. The fraction of sp³-hybridized carbons (Fsp3) is 0.118. The first-order valence-electron chi connectivity index (χ1n) is 6.58. The molecule has 2 nitrogen and oxygen atoms in total. The lowest BCUT2D eigenvalue weighted by molar-refractivity contribution is -0.165. The average Bonchev–Trinajstić information content (AvgIpc) is 2.47. The summed E-state index contributed by atoms with van der Waals surface area (Å²) in [5.41, 5.74) is 2.19. The number of anilines is 1. The van der Waals surface area contributed by atoms with E-state index in [4.69, 9.17) is 0 Å². The van der Waals surface area contributed by atoms with Gasteiger partial charge in [-0.3, -0.25) is 4.79 Å². The third-order valence-corrected chi connectivity index (χ3v) is 2.97. The normalized spacial score (nSPS) is 12.1. The van der Waals surface area contributed by atoms with Crippen LogP contribution >= 0.6 is 0 Å². The molecule has 22 heavy (non-hydrogen) atoms. The first-order chi connectivity index (χ1) is 10.4. The summed E-state index contributed by atoms with van der Waals surface area (Å²) >= 11 is 0. The summed E-state index contributed by atoms with van der Waals surface area (Å²) in [6.07, 6.45) is -4.31. The topological polar surface area (TPSA) is 29.1 Å². The molecule has 0 amide bonds. The minimum Gasteiger partial charge on any atom is -0.355 e. The fourth-order valence-corrected chi connectivity index (χ4v) is 1.81. The zero-order valence-corrected chi connectivity index (χ0v) is 11.8. The van der Waals surface area contributed by atoms with Crippen molar-refractivity contribution in [2.45, 2.75) is 13.1 Å². The van der Waals surface area contributed by atoms with Crippen LogP contribution in [0.2, 0.25) is 0 Å². The summed E-state index contributed by atoms with van der Waals surface area (Å²) < 4.78 is 37.5. The molecule has 0 heterocycles. The maximum atomic E-state index is 12.5. The van der Waals surface area contributed by atoms with Crippen molar-refractivity contribution in [2.24, 2.45) is 0 Å². The third-order valence-electron chi connectivity index (χ3n) is 2.97. The standard InChI is InChI=1S/C17H14F3NO/c1-12-7-9-13(10-8-12)15(11-16(22)17(18,19)20)21-14-5-3-2-4-6-14/h2-11,21H,1H3/b15-11-. The van der Waals surface area contributed by atoms with Crippen LogP contribution in [0.4, 0.5) is 18.9 Å². The summed E-state index contributed by atoms with van der Waals surface area (Å²) in [6, 6.07) is 15.6. The highest BCUT2D eigenvalue weighted by Gasteiger charge is 2.36. The van der Waals surface area contributed by atoms with Crippen molar-refractivity contribution in [3.8, 4) is 0 Å². The van der Waals surface area contributed by atoms with Gasteiger partial charge in [-0.25, -0.2) is 0 Å². The molecule has 0 aromatic heterocycles. The number of benzene rings is 2. The predicted octanol–water partition coefficient (Wildman–Crippen LogP) is 4.58. The van der Waals surface area contributed by atoms with Crippen molar-refractivity contribution < 1.29 is 18.0 Å². The first-order valence-corrected chi connectivity index (χ1v) is 6.58. The zero-order valence-electron chi connectivity index (χ0n) is 11.8. The molecule has 0 fully saturated rings. The maximum Gasteiger partial charge on any atom is 0.454 e. The maximum absolute atomic E-state index is 12.5. The van der Waals surface area contributed by atoms with Gasteiger partial charge in [0.15, 0.2) is 0 Å². The molecule has 0 spiro atoms. The highest BCUT2D eigenvalue weighted by atomic mass is 19.4. The number of halogens is 3. The van der Waals surface area contributed by atoms with Gasteiger partial charge in [0.1, 0.15) is 0 Å². The fourth-order valence-electron chi connectivity index (χ4n) is 1.81. The number of alkyl halides is 3. The molecule has 2 aromatic carbocycles. The number of nitrogens with one attached hydrogen (secondary N) is 1. The molecule has 0 unspecified atom stereocenters. The highest BCUT2D eigenvalue weighted by Crippen LogP contribution is 2.23. The Morgan fingerprint density at radius 1 is 1.00 bits per heavy atom. The van der Waals surface area contributed by atoms with E-state index in [-0.39, 0.29) is 5.70 Å². The summed E-state index contributed by atoms with van der Waals surface area (Å²) in [5, 5.41) is 2.86. The Bertz CT molecular complexity index is 673. The molecular formula is C17H14F3NO. The van der Waals surface area contributed by atoms with Gasteiger partial charge >= 0.3 is 6.18 Å². The van der Waals surface area contributed by atoms with Crippen LogP contribution in [0, 0.1) is 6.92 Å². The van der Waals surface area contributed by atoms with E-state index in [0.29, 0.717) is 17.3 Å². The molecule has 5 heteroatoms. The molecule has 1 N–H and O–H groups in total. The van der Waals surface area contributed by atoms with E-state index in [9.17, 15) is 18.0 Å². The molecule has 114 valence electrons. The Morgan fingerprint density at radius 2 is 1.59 bits per heavy atom. The van der Waals surface area contributed by atoms with Crippen LogP contribution < -0.4 is 5.32 Å². The van der Waals surface area contributed by atoms with Crippen LogP contribution in [0.15, 0.2) is 60.7 Å². The van der Waals surface area contributed by atoms with Crippen LogP contribution in [0.1, 0.15) is 11.1 Å². The van der Waals surface area contributed by atoms with Gasteiger partial charge in [-0.2, -0.15) is 13.2 Å². The second kappa shape index (κ2) is 6.47. The van der Waals surface area contributed by atoms with Crippen LogP contribution in [0.3, 0.4) is 0 Å². The molecule has 0 atom stereocenters. The number of carbonyl (C=O) groups excluding carboxylic acids is 1. The number of hydrogen-bond acceptors (Lipinski definition) is 2. The van der Waals surface area contributed by atoms with E-state index in [1.165, 1.54) is 0 Å². The molecule has 0 aliphatic rings. The number of para-hydroxylation sites is 1. The highest BCUT2D eigenvalue weighted by molar-refractivity contribution is 6.02. The number of hydrogen-bond donors (Lipinski definition) is 1. The SMILES string of the molecule is Cc1ccc(/C(=C/C(=O)C(F)(F)F)Nc2ccccc2)cc1. The minimum absolute atomic E-state index is 0.105. The van der Waals surface area contributed by atoms with Crippen LogP contribution in [-0.2, 0) is 4.79 Å². The van der Waals surface area contributed by atoms with Gasteiger partial charge in [-0.1, -0.05) is 48.0 Å². The van der Waals surface area contributed by atoms with Crippen molar-refractivity contribution in [3.05, 3.63) is 71.8 Å². The van der Waals surface area contributed by atoms with Crippen molar-refractivity contribution in [2.75, 3.05) is 5.32 Å². The van der Waals surface area contributed by atoms with Gasteiger partial charge in [0, 0.05) is 17.5 Å².